The van der Waals surface area contributed by atoms with Gasteiger partial charge in [0.2, 0.25) is 5.67 Å². The number of fused-ring (bicyclic) bond motifs is 1. The molecule has 1 aliphatic heterocycles. The second-order valence-corrected chi connectivity index (χ2v) is 7.20. The largest absolute Gasteiger partial charge is 0.479 e. The summed E-state index contributed by atoms with van der Waals surface area (Å²) in [6.07, 6.45) is -0.329. The fourth-order valence-corrected chi connectivity index (χ4v) is 3.34. The molecule has 10 heteroatoms. The summed E-state index contributed by atoms with van der Waals surface area (Å²) in [7, 11) is 0. The molecule has 2 aromatic rings. The number of amides is 1. The van der Waals surface area contributed by atoms with Crippen LogP contribution < -0.4 is 11.2 Å². The van der Waals surface area contributed by atoms with E-state index in [4.69, 9.17) is 5.11 Å². The average Bonchev–Trinajstić information content (AvgIpc) is 3.04. The van der Waals surface area contributed by atoms with E-state index in [0.717, 1.165) is 4.90 Å². The number of carbonyl (C=O) groups excluding carboxylic acids is 1. The van der Waals surface area contributed by atoms with Crippen LogP contribution in [-0.4, -0.2) is 55.2 Å². The van der Waals surface area contributed by atoms with Crippen molar-refractivity contribution in [3.05, 3.63) is 38.2 Å². The van der Waals surface area contributed by atoms with Crippen LogP contribution in [-0.2, 0) is 11.3 Å². The average molecular weight is 392 g/mol. The van der Waals surface area contributed by atoms with Crippen LogP contribution in [0.15, 0.2) is 15.7 Å². The Morgan fingerprint density at radius 3 is 2.61 bits per heavy atom. The van der Waals surface area contributed by atoms with E-state index in [1.165, 1.54) is 10.6 Å². The number of aryl methyl sites for hydroxylation is 1. The summed E-state index contributed by atoms with van der Waals surface area (Å²) in [5, 5.41) is 8.99. The highest BCUT2D eigenvalue weighted by Gasteiger charge is 2.47. The third-order valence-corrected chi connectivity index (χ3v) is 5.00. The number of carbonyl (C=O) groups is 2. The number of rotatable bonds is 4. The minimum atomic E-state index is -2.52. The van der Waals surface area contributed by atoms with Gasteiger partial charge in [0.05, 0.1) is 17.5 Å². The predicted octanol–water partition coefficient (Wildman–Crippen LogP) is 0.867. The molecule has 1 saturated heterocycles. The Bertz CT molecular complexity index is 1090. The molecule has 1 atom stereocenters. The second-order valence-electron chi connectivity index (χ2n) is 7.20. The number of nitrogens with zero attached hydrogens (tertiary/aromatic N) is 3. The second kappa shape index (κ2) is 6.84. The van der Waals surface area contributed by atoms with Crippen molar-refractivity contribution in [3.63, 3.8) is 0 Å². The highest BCUT2D eigenvalue weighted by Crippen LogP contribution is 2.29. The topological polar surface area (TPSA) is 125 Å². The lowest BCUT2D eigenvalue weighted by Crippen LogP contribution is -2.39. The van der Waals surface area contributed by atoms with Gasteiger partial charge in [-0.15, -0.1) is 0 Å². The summed E-state index contributed by atoms with van der Waals surface area (Å²) < 4.78 is 15.7. The first-order chi connectivity index (χ1) is 13.1. The fourth-order valence-electron chi connectivity index (χ4n) is 3.34. The molecule has 3 heterocycles. The number of hydrogen-bond donors (Lipinski definition) is 2. The molecule has 150 valence electrons. The summed E-state index contributed by atoms with van der Waals surface area (Å²) in [5.41, 5.74) is -3.37. The first kappa shape index (κ1) is 19.7. The number of carboxylic acid groups (broad SMARTS) is 1. The molecule has 0 radical (unpaired) electrons. The molecule has 28 heavy (non-hydrogen) atoms. The number of halogens is 1. The van der Waals surface area contributed by atoms with Crippen molar-refractivity contribution in [3.8, 4) is 0 Å². The number of H-pyrrole nitrogens is 1. The molecule has 0 saturated carbocycles. The Labute approximate surface area is 158 Å². The highest BCUT2D eigenvalue weighted by molar-refractivity contribution is 6.05. The van der Waals surface area contributed by atoms with Crippen LogP contribution in [0.3, 0.4) is 0 Å². The number of hydrogen-bond acceptors (Lipinski definition) is 5. The van der Waals surface area contributed by atoms with E-state index in [9.17, 15) is 23.6 Å². The number of nitrogens with one attached hydrogen (secondary N) is 1. The smallest absolute Gasteiger partial charge is 0.343 e. The van der Waals surface area contributed by atoms with Gasteiger partial charge >= 0.3 is 11.7 Å². The zero-order valence-electron chi connectivity index (χ0n) is 15.8. The maximum atomic E-state index is 14.4. The fraction of sp³-hybridized carbons (Fsp3) is 0.500. The van der Waals surface area contributed by atoms with Gasteiger partial charge in [-0.1, -0.05) is 13.8 Å². The maximum Gasteiger partial charge on any atom is 0.343 e. The lowest BCUT2D eigenvalue weighted by atomic mass is 10.0. The quantitative estimate of drug-likeness (QED) is 0.795. The van der Waals surface area contributed by atoms with Gasteiger partial charge in [-0.25, -0.2) is 19.0 Å². The van der Waals surface area contributed by atoms with E-state index >= 15 is 0 Å². The molecule has 3 rings (SSSR count). The molecule has 0 aliphatic carbocycles. The molecule has 0 aromatic carbocycles. The van der Waals surface area contributed by atoms with E-state index in [2.05, 4.69) is 9.97 Å². The minimum Gasteiger partial charge on any atom is -0.479 e. The lowest BCUT2D eigenvalue weighted by Gasteiger charge is -2.20. The minimum absolute atomic E-state index is 0.0215. The molecule has 1 fully saturated rings. The van der Waals surface area contributed by atoms with E-state index in [-0.39, 0.29) is 42.0 Å². The van der Waals surface area contributed by atoms with Gasteiger partial charge in [-0.3, -0.25) is 19.1 Å². The van der Waals surface area contributed by atoms with Crippen molar-refractivity contribution in [2.24, 2.45) is 0 Å². The molecule has 2 N–H and O–H groups in total. The van der Waals surface area contributed by atoms with Crippen LogP contribution in [0.2, 0.25) is 0 Å². The van der Waals surface area contributed by atoms with Crippen molar-refractivity contribution in [2.75, 3.05) is 13.1 Å². The van der Waals surface area contributed by atoms with Crippen LogP contribution in [0.1, 0.15) is 49.2 Å². The molecule has 2 aromatic heterocycles. The molecule has 0 bridgehead atoms. The zero-order chi connectivity index (χ0) is 20.8. The van der Waals surface area contributed by atoms with E-state index in [0.29, 0.717) is 5.69 Å². The van der Waals surface area contributed by atoms with Crippen molar-refractivity contribution < 1.29 is 19.1 Å². The first-order valence-corrected chi connectivity index (χ1v) is 8.98. The number of aliphatic carboxylic acids is 1. The van der Waals surface area contributed by atoms with Crippen LogP contribution in [0, 0.1) is 0 Å². The summed E-state index contributed by atoms with van der Waals surface area (Å²) in [4.78, 5) is 56.5. The maximum absolute atomic E-state index is 14.4. The summed E-state index contributed by atoms with van der Waals surface area (Å²) in [6, 6.07) is 1.45. The number of pyridine rings is 1. The van der Waals surface area contributed by atoms with Crippen molar-refractivity contribution in [1.29, 1.82) is 0 Å². The Balaban J connectivity index is 2.23. The Morgan fingerprint density at radius 2 is 2.07 bits per heavy atom. The van der Waals surface area contributed by atoms with Crippen molar-refractivity contribution in [1.82, 2.24) is 19.4 Å². The first-order valence-electron chi connectivity index (χ1n) is 8.98. The zero-order valence-corrected chi connectivity index (χ0v) is 15.8. The Kier molecular flexibility index (Phi) is 4.82. The summed E-state index contributed by atoms with van der Waals surface area (Å²) >= 11 is 0. The molecule has 0 spiro atoms. The van der Waals surface area contributed by atoms with Crippen LogP contribution >= 0.6 is 0 Å². The van der Waals surface area contributed by atoms with Gasteiger partial charge in [0.1, 0.15) is 0 Å². The highest BCUT2D eigenvalue weighted by atomic mass is 19.1. The SMILES string of the molecule is CCn1c(=O)[nH]c(=O)c2c(C(=O)N3CCC(F)(C(=O)O)C3)cc(C(C)C)nc21. The molecule has 1 aliphatic rings. The van der Waals surface area contributed by atoms with Gasteiger partial charge in [0.25, 0.3) is 11.5 Å². The predicted molar refractivity (Wildman–Crippen MR) is 98.4 cm³/mol. The molecule has 1 unspecified atom stereocenters. The van der Waals surface area contributed by atoms with E-state index in [1.807, 2.05) is 13.8 Å². The summed E-state index contributed by atoms with van der Waals surface area (Å²) in [5.74, 6) is -2.39. The third-order valence-electron chi connectivity index (χ3n) is 5.00. The molecule has 9 nitrogen and oxygen atoms in total. The summed E-state index contributed by atoms with van der Waals surface area (Å²) in [6.45, 7) is 4.93. The van der Waals surface area contributed by atoms with Crippen LogP contribution in [0.5, 0.6) is 0 Å². The van der Waals surface area contributed by atoms with Gasteiger partial charge in [0.15, 0.2) is 5.65 Å². The van der Waals surface area contributed by atoms with E-state index < -0.39 is 35.3 Å². The van der Waals surface area contributed by atoms with Crippen LogP contribution in [0.25, 0.3) is 11.0 Å². The molecule has 1 amide bonds. The number of alkyl halides is 1. The van der Waals surface area contributed by atoms with Gasteiger partial charge < -0.3 is 10.0 Å². The standard InChI is InChI=1S/C18H21FN4O5/c1-4-23-13-12(14(24)21-17(23)28)10(7-11(20-13)9(2)3)15(25)22-6-5-18(19,8-22)16(26)27/h7,9H,4-6,8H2,1-3H3,(H,26,27)(H,21,24,28). The van der Waals surface area contributed by atoms with Crippen LogP contribution in [0.4, 0.5) is 4.39 Å². The van der Waals surface area contributed by atoms with Crippen molar-refractivity contribution in [2.45, 2.75) is 45.3 Å². The van der Waals surface area contributed by atoms with E-state index in [1.54, 1.807) is 6.92 Å². The molecular formula is C18H21FN4O5. The lowest BCUT2D eigenvalue weighted by molar-refractivity contribution is -0.149. The number of likely N-dealkylation sites (tertiary alicyclic amines) is 1. The van der Waals surface area contributed by atoms with Gasteiger partial charge in [-0.2, -0.15) is 0 Å². The Morgan fingerprint density at radius 1 is 1.39 bits per heavy atom. The normalized spacial score (nSPS) is 19.5. The van der Waals surface area contributed by atoms with Crippen molar-refractivity contribution >= 4 is 22.9 Å². The number of carboxylic acids is 1. The third kappa shape index (κ3) is 3.08. The Hall–Kier alpha value is -3.04. The number of aromatic amines is 1. The van der Waals surface area contributed by atoms with Gasteiger partial charge in [0, 0.05) is 25.2 Å². The molecular weight excluding hydrogens is 371 g/mol. The number of aromatic nitrogens is 3. The van der Waals surface area contributed by atoms with Gasteiger partial charge in [-0.05, 0) is 18.9 Å². The monoisotopic (exact) mass is 392 g/mol.